The number of anilines is 1. The highest BCUT2D eigenvalue weighted by Gasteiger charge is 2.30. The number of rotatable bonds is 5. The van der Waals surface area contributed by atoms with Crippen LogP contribution in [0.4, 0.5) is 5.69 Å². The van der Waals surface area contributed by atoms with Crippen molar-refractivity contribution in [2.24, 2.45) is 0 Å². The van der Waals surface area contributed by atoms with Gasteiger partial charge in [0.25, 0.3) is 0 Å². The van der Waals surface area contributed by atoms with E-state index in [0.29, 0.717) is 10.7 Å². The van der Waals surface area contributed by atoms with Crippen molar-refractivity contribution in [2.75, 3.05) is 18.4 Å². The van der Waals surface area contributed by atoms with Gasteiger partial charge in [-0.25, -0.2) is 4.68 Å². The lowest BCUT2D eigenvalue weighted by Gasteiger charge is -2.22. The molecule has 1 aliphatic rings. The number of carbonyl (C=O) groups excluding carboxylic acids is 1. The highest BCUT2D eigenvalue weighted by Crippen LogP contribution is 2.22. The number of likely N-dealkylation sites (tertiary alicyclic amines) is 1. The minimum absolute atomic E-state index is 0.0291. The number of benzene rings is 1. The molecule has 0 aliphatic carbocycles. The van der Waals surface area contributed by atoms with E-state index in [1.165, 1.54) is 0 Å². The summed E-state index contributed by atoms with van der Waals surface area (Å²) < 4.78 is 1.68. The number of nitrogens with zero attached hydrogens (tertiary/aromatic N) is 3. The molecule has 6 heteroatoms. The molecule has 2 aromatic rings. The first-order valence-corrected chi connectivity index (χ1v) is 8.41. The largest absolute Gasteiger partial charge is 0.322 e. The maximum atomic E-state index is 12.5. The van der Waals surface area contributed by atoms with Gasteiger partial charge in [0.1, 0.15) is 0 Å². The van der Waals surface area contributed by atoms with Gasteiger partial charge in [-0.1, -0.05) is 30.7 Å². The van der Waals surface area contributed by atoms with E-state index >= 15 is 0 Å². The summed E-state index contributed by atoms with van der Waals surface area (Å²) in [7, 11) is 0. The lowest BCUT2D eigenvalue weighted by atomic mass is 10.2. The van der Waals surface area contributed by atoms with Crippen molar-refractivity contribution in [1.29, 1.82) is 0 Å². The summed E-state index contributed by atoms with van der Waals surface area (Å²) in [6.07, 6.45) is 6.51. The smallest absolute Gasteiger partial charge is 0.241 e. The number of amides is 1. The van der Waals surface area contributed by atoms with E-state index in [2.05, 4.69) is 22.2 Å². The van der Waals surface area contributed by atoms with Crippen LogP contribution in [0.2, 0.25) is 5.02 Å². The van der Waals surface area contributed by atoms with Crippen molar-refractivity contribution in [1.82, 2.24) is 14.7 Å². The van der Waals surface area contributed by atoms with Crippen molar-refractivity contribution in [2.45, 2.75) is 32.2 Å². The van der Waals surface area contributed by atoms with E-state index in [-0.39, 0.29) is 11.9 Å². The van der Waals surface area contributed by atoms with Gasteiger partial charge in [0, 0.05) is 0 Å². The molecule has 1 saturated heterocycles. The number of halogens is 1. The molecule has 1 aliphatic heterocycles. The van der Waals surface area contributed by atoms with Crippen molar-refractivity contribution >= 4 is 23.2 Å². The van der Waals surface area contributed by atoms with Gasteiger partial charge >= 0.3 is 0 Å². The first kappa shape index (κ1) is 16.0. The Hall–Kier alpha value is -1.85. The normalized spacial score (nSPS) is 18.3. The average Bonchev–Trinajstić information content (AvgIpc) is 3.17. The van der Waals surface area contributed by atoms with E-state index in [0.717, 1.165) is 38.0 Å². The van der Waals surface area contributed by atoms with E-state index in [1.807, 2.05) is 24.3 Å². The Bertz CT molecular complexity index is 685. The zero-order valence-electron chi connectivity index (χ0n) is 13.2. The van der Waals surface area contributed by atoms with Gasteiger partial charge in [-0.3, -0.25) is 9.69 Å². The molecular formula is C17H21ClN4O. The zero-order valence-corrected chi connectivity index (χ0v) is 14.0. The standard InChI is InChI=1S/C17H21ClN4O/c1-2-9-21-10-5-8-16(21)17(23)20-13-11-19-22(12-13)15-7-4-3-6-14(15)18/h3-4,6-7,11-12,16H,2,5,8-10H2,1H3,(H,20,23). The summed E-state index contributed by atoms with van der Waals surface area (Å²) in [4.78, 5) is 14.8. The number of para-hydroxylation sites is 1. The van der Waals surface area contributed by atoms with Crippen LogP contribution in [0, 0.1) is 0 Å². The monoisotopic (exact) mass is 332 g/mol. The fourth-order valence-corrected chi connectivity index (χ4v) is 3.28. The predicted octanol–water partition coefficient (Wildman–Crippen LogP) is 3.34. The van der Waals surface area contributed by atoms with Crippen LogP contribution in [-0.4, -0.2) is 39.7 Å². The summed E-state index contributed by atoms with van der Waals surface area (Å²) in [6, 6.07) is 7.46. The summed E-state index contributed by atoms with van der Waals surface area (Å²) in [6.45, 7) is 4.11. The maximum absolute atomic E-state index is 12.5. The molecule has 122 valence electrons. The Morgan fingerprint density at radius 2 is 2.26 bits per heavy atom. The molecule has 1 fully saturated rings. The molecule has 1 aromatic carbocycles. The molecule has 1 atom stereocenters. The fourth-order valence-electron chi connectivity index (χ4n) is 3.06. The van der Waals surface area contributed by atoms with Gasteiger partial charge in [0.05, 0.1) is 34.8 Å². The Labute approximate surface area is 141 Å². The Balaban J connectivity index is 1.69. The number of hydrogen-bond acceptors (Lipinski definition) is 3. The number of hydrogen-bond donors (Lipinski definition) is 1. The maximum Gasteiger partial charge on any atom is 0.241 e. The molecule has 2 heterocycles. The van der Waals surface area contributed by atoms with Crippen LogP contribution in [0.5, 0.6) is 0 Å². The van der Waals surface area contributed by atoms with Gasteiger partial charge in [-0.05, 0) is 44.5 Å². The van der Waals surface area contributed by atoms with Crippen LogP contribution in [0.3, 0.4) is 0 Å². The number of carbonyl (C=O) groups is 1. The average molecular weight is 333 g/mol. The van der Waals surface area contributed by atoms with E-state index < -0.39 is 0 Å². The van der Waals surface area contributed by atoms with Gasteiger partial charge in [0.2, 0.25) is 5.91 Å². The fraction of sp³-hybridized carbons (Fsp3) is 0.412. The molecule has 1 N–H and O–H groups in total. The molecule has 3 rings (SSSR count). The summed E-state index contributed by atoms with van der Waals surface area (Å²) in [5.74, 6) is 0.0506. The molecule has 5 nitrogen and oxygen atoms in total. The minimum atomic E-state index is -0.0291. The number of nitrogens with one attached hydrogen (secondary N) is 1. The molecule has 0 saturated carbocycles. The molecule has 1 unspecified atom stereocenters. The van der Waals surface area contributed by atoms with Crippen LogP contribution in [0.1, 0.15) is 26.2 Å². The number of aromatic nitrogens is 2. The van der Waals surface area contributed by atoms with Crippen molar-refractivity contribution in [3.8, 4) is 5.69 Å². The Morgan fingerprint density at radius 3 is 3.04 bits per heavy atom. The second kappa shape index (κ2) is 7.15. The lowest BCUT2D eigenvalue weighted by Crippen LogP contribution is -2.39. The highest BCUT2D eigenvalue weighted by atomic mass is 35.5. The van der Waals surface area contributed by atoms with Gasteiger partial charge in [-0.15, -0.1) is 0 Å². The molecule has 1 aromatic heterocycles. The molecule has 0 bridgehead atoms. The Kier molecular flexibility index (Phi) is 4.98. The third-order valence-electron chi connectivity index (χ3n) is 4.13. The first-order valence-electron chi connectivity index (χ1n) is 8.03. The van der Waals surface area contributed by atoms with E-state index in [1.54, 1.807) is 17.1 Å². The van der Waals surface area contributed by atoms with Crippen LogP contribution >= 0.6 is 11.6 Å². The quantitative estimate of drug-likeness (QED) is 0.913. The highest BCUT2D eigenvalue weighted by molar-refractivity contribution is 6.32. The molecule has 0 radical (unpaired) electrons. The molecule has 0 spiro atoms. The second-order valence-electron chi connectivity index (χ2n) is 5.81. The zero-order chi connectivity index (χ0) is 16.2. The van der Waals surface area contributed by atoms with Crippen LogP contribution in [0.15, 0.2) is 36.7 Å². The molecule has 23 heavy (non-hydrogen) atoms. The van der Waals surface area contributed by atoms with Crippen molar-refractivity contribution in [3.63, 3.8) is 0 Å². The molecular weight excluding hydrogens is 312 g/mol. The predicted molar refractivity (Wildman–Crippen MR) is 92.1 cm³/mol. The lowest BCUT2D eigenvalue weighted by molar-refractivity contribution is -0.120. The van der Waals surface area contributed by atoms with Crippen LogP contribution in [0.25, 0.3) is 5.69 Å². The van der Waals surface area contributed by atoms with Crippen molar-refractivity contribution < 1.29 is 4.79 Å². The van der Waals surface area contributed by atoms with Crippen LogP contribution in [-0.2, 0) is 4.79 Å². The van der Waals surface area contributed by atoms with Gasteiger partial charge in [-0.2, -0.15) is 5.10 Å². The SMILES string of the molecule is CCCN1CCCC1C(=O)Nc1cnn(-c2ccccc2Cl)c1. The van der Waals surface area contributed by atoms with E-state index in [4.69, 9.17) is 11.6 Å². The second-order valence-corrected chi connectivity index (χ2v) is 6.22. The summed E-state index contributed by atoms with van der Waals surface area (Å²) in [5, 5.41) is 7.88. The third kappa shape index (κ3) is 3.57. The van der Waals surface area contributed by atoms with Crippen LogP contribution < -0.4 is 5.32 Å². The molecule has 1 amide bonds. The van der Waals surface area contributed by atoms with Gasteiger partial charge in [0.15, 0.2) is 0 Å². The van der Waals surface area contributed by atoms with Gasteiger partial charge < -0.3 is 5.32 Å². The summed E-state index contributed by atoms with van der Waals surface area (Å²) >= 11 is 6.18. The Morgan fingerprint density at radius 1 is 1.43 bits per heavy atom. The summed E-state index contributed by atoms with van der Waals surface area (Å²) in [5.41, 5.74) is 1.49. The topological polar surface area (TPSA) is 50.2 Å². The first-order chi connectivity index (χ1) is 11.2. The van der Waals surface area contributed by atoms with E-state index in [9.17, 15) is 4.79 Å². The minimum Gasteiger partial charge on any atom is -0.322 e. The van der Waals surface area contributed by atoms with Crippen molar-refractivity contribution in [3.05, 3.63) is 41.7 Å². The third-order valence-corrected chi connectivity index (χ3v) is 4.45.